The molecule has 0 rings (SSSR count). The Bertz CT molecular complexity index is 69.6. The molecule has 0 aromatic carbocycles. The molecule has 0 saturated carbocycles. The summed E-state index contributed by atoms with van der Waals surface area (Å²) < 4.78 is 0. The molecule has 1 heteroatoms. The van der Waals surface area contributed by atoms with E-state index >= 15 is 0 Å². The van der Waals surface area contributed by atoms with Crippen molar-refractivity contribution in [3.63, 3.8) is 0 Å². The Morgan fingerprint density at radius 2 is 1.21 bits per heavy atom. The Labute approximate surface area is 93.0 Å². The molecule has 0 aliphatic rings. The smallest absolute Gasteiger partial charge is 0.00957 e. The minimum absolute atomic E-state index is 0.549. The first-order chi connectivity index (χ1) is 6.72. The summed E-state index contributed by atoms with van der Waals surface area (Å²) in [5.41, 5.74) is 0. The highest BCUT2D eigenvalue weighted by Crippen LogP contribution is 2.00. The number of hydrogen-bond donors (Lipinski definition) is 1. The first-order valence-corrected chi connectivity index (χ1v) is 6.02. The van der Waals surface area contributed by atoms with Crippen molar-refractivity contribution >= 4 is 0 Å². The third kappa shape index (κ3) is 22.6. The third-order valence-electron chi connectivity index (χ3n) is 1.62. The highest BCUT2D eigenvalue weighted by Gasteiger charge is 2.02. The molecule has 0 aromatic rings. The van der Waals surface area contributed by atoms with E-state index in [1.54, 1.807) is 0 Å². The highest BCUT2D eigenvalue weighted by atomic mass is 14.9. The van der Waals surface area contributed by atoms with E-state index in [-0.39, 0.29) is 0 Å². The normalized spacial score (nSPS) is 11.2. The van der Waals surface area contributed by atoms with Crippen LogP contribution >= 0.6 is 0 Å². The summed E-state index contributed by atoms with van der Waals surface area (Å²) in [5, 5.41) is 3.14. The van der Waals surface area contributed by atoms with Crippen molar-refractivity contribution in [2.45, 2.75) is 61.4 Å². The Kier molecular flexibility index (Phi) is 49.2. The van der Waals surface area contributed by atoms with Crippen LogP contribution in [0.15, 0.2) is 12.7 Å². The van der Waals surface area contributed by atoms with Crippen LogP contribution in [0.3, 0.4) is 0 Å². The molecule has 0 bridgehead atoms. The van der Waals surface area contributed by atoms with Gasteiger partial charge in [-0.25, -0.2) is 0 Å². The molecule has 0 fully saturated rings. The zero-order valence-corrected chi connectivity index (χ0v) is 11.9. The van der Waals surface area contributed by atoms with Gasteiger partial charge in [-0.15, -0.1) is 6.58 Å². The zero-order chi connectivity index (χ0) is 12.6. The van der Waals surface area contributed by atoms with Crippen molar-refractivity contribution in [3.8, 4) is 0 Å². The quantitative estimate of drug-likeness (QED) is 0.666. The standard InChI is InChI=1S/C7H15N.3C2H6/c1-5-6(2)7(3)8-4;3*1-2/h5-8H,1H2,2-4H3;3*1-2H3. The van der Waals surface area contributed by atoms with Crippen LogP contribution in [0.2, 0.25) is 0 Å². The summed E-state index contributed by atoms with van der Waals surface area (Å²) in [6.45, 7) is 20.0. The number of rotatable bonds is 3. The molecule has 0 aliphatic heterocycles. The van der Waals surface area contributed by atoms with E-state index in [9.17, 15) is 0 Å². The molecule has 0 aromatic heterocycles. The average molecular weight is 203 g/mol. The van der Waals surface area contributed by atoms with Gasteiger partial charge in [-0.1, -0.05) is 54.5 Å². The van der Waals surface area contributed by atoms with Crippen LogP contribution in [0.4, 0.5) is 0 Å². The molecular weight excluding hydrogens is 170 g/mol. The van der Waals surface area contributed by atoms with Crippen molar-refractivity contribution in [2.75, 3.05) is 7.05 Å². The van der Waals surface area contributed by atoms with E-state index in [0.717, 1.165) is 0 Å². The first-order valence-electron chi connectivity index (χ1n) is 6.02. The predicted octanol–water partition coefficient (Wildman–Crippen LogP) is 4.50. The molecule has 2 unspecified atom stereocenters. The predicted molar refractivity (Wildman–Crippen MR) is 71.9 cm³/mol. The third-order valence-corrected chi connectivity index (χ3v) is 1.62. The van der Waals surface area contributed by atoms with Crippen molar-refractivity contribution in [1.29, 1.82) is 0 Å². The maximum absolute atomic E-state index is 3.69. The second-order valence-electron chi connectivity index (χ2n) is 2.17. The van der Waals surface area contributed by atoms with Gasteiger partial charge in [0.2, 0.25) is 0 Å². The van der Waals surface area contributed by atoms with E-state index in [1.165, 1.54) is 0 Å². The fourth-order valence-electron chi connectivity index (χ4n) is 0.467. The topological polar surface area (TPSA) is 12.0 Å². The van der Waals surface area contributed by atoms with Gasteiger partial charge < -0.3 is 5.32 Å². The molecule has 0 amide bonds. The van der Waals surface area contributed by atoms with Crippen LogP contribution in [0, 0.1) is 5.92 Å². The Hall–Kier alpha value is -0.300. The van der Waals surface area contributed by atoms with Gasteiger partial charge in [0, 0.05) is 6.04 Å². The fourth-order valence-corrected chi connectivity index (χ4v) is 0.467. The molecule has 90 valence electrons. The van der Waals surface area contributed by atoms with Gasteiger partial charge >= 0.3 is 0 Å². The molecule has 2 atom stereocenters. The van der Waals surface area contributed by atoms with E-state index in [2.05, 4.69) is 25.7 Å². The molecule has 1 N–H and O–H groups in total. The van der Waals surface area contributed by atoms with Crippen molar-refractivity contribution in [3.05, 3.63) is 12.7 Å². The molecule has 0 aliphatic carbocycles. The first kappa shape index (κ1) is 23.5. The molecule has 0 heterocycles. The van der Waals surface area contributed by atoms with Crippen LogP contribution in [0.25, 0.3) is 0 Å². The second kappa shape index (κ2) is 29.3. The van der Waals surface area contributed by atoms with E-state index < -0.39 is 0 Å². The van der Waals surface area contributed by atoms with Crippen molar-refractivity contribution in [1.82, 2.24) is 5.32 Å². The largest absolute Gasteiger partial charge is 0.317 e. The van der Waals surface area contributed by atoms with Crippen LogP contribution in [-0.2, 0) is 0 Å². The average Bonchev–Trinajstić information content (AvgIpc) is 2.34. The SMILES string of the molecule is C=CC(C)C(C)NC.CC.CC.CC. The molecule has 14 heavy (non-hydrogen) atoms. The van der Waals surface area contributed by atoms with Gasteiger partial charge in [0.25, 0.3) is 0 Å². The Morgan fingerprint density at radius 1 is 0.929 bits per heavy atom. The zero-order valence-electron chi connectivity index (χ0n) is 11.9. The lowest BCUT2D eigenvalue weighted by molar-refractivity contribution is 0.499. The summed E-state index contributed by atoms with van der Waals surface area (Å²) in [6.07, 6.45) is 1.96. The molecule has 1 nitrogen and oxygen atoms in total. The van der Waals surface area contributed by atoms with Crippen LogP contribution in [-0.4, -0.2) is 13.1 Å². The van der Waals surface area contributed by atoms with E-state index in [0.29, 0.717) is 12.0 Å². The Morgan fingerprint density at radius 3 is 1.29 bits per heavy atom. The van der Waals surface area contributed by atoms with Gasteiger partial charge in [-0.05, 0) is 19.9 Å². The van der Waals surface area contributed by atoms with Gasteiger partial charge in [0.1, 0.15) is 0 Å². The van der Waals surface area contributed by atoms with Crippen LogP contribution in [0.1, 0.15) is 55.4 Å². The minimum atomic E-state index is 0.549. The molecule has 0 radical (unpaired) electrons. The highest BCUT2D eigenvalue weighted by molar-refractivity contribution is 4.81. The summed E-state index contributed by atoms with van der Waals surface area (Å²) in [5.74, 6) is 0.569. The lowest BCUT2D eigenvalue weighted by atomic mass is 10.1. The van der Waals surface area contributed by atoms with Gasteiger partial charge in [-0.2, -0.15) is 0 Å². The van der Waals surface area contributed by atoms with Gasteiger partial charge in [-0.3, -0.25) is 0 Å². The maximum atomic E-state index is 3.69. The van der Waals surface area contributed by atoms with Crippen LogP contribution < -0.4 is 5.32 Å². The second-order valence-corrected chi connectivity index (χ2v) is 2.17. The summed E-state index contributed by atoms with van der Waals surface area (Å²) in [4.78, 5) is 0. The lowest BCUT2D eigenvalue weighted by Crippen LogP contribution is -2.27. The van der Waals surface area contributed by atoms with Crippen LogP contribution in [0.5, 0.6) is 0 Å². The Balaban J connectivity index is -0.0000000708. The lowest BCUT2D eigenvalue weighted by Gasteiger charge is -2.13. The van der Waals surface area contributed by atoms with Gasteiger partial charge in [0.15, 0.2) is 0 Å². The fraction of sp³-hybridized carbons (Fsp3) is 0.846. The minimum Gasteiger partial charge on any atom is -0.317 e. The van der Waals surface area contributed by atoms with Crippen molar-refractivity contribution < 1.29 is 0 Å². The monoisotopic (exact) mass is 203 g/mol. The summed E-state index contributed by atoms with van der Waals surface area (Å²) in [7, 11) is 1.96. The van der Waals surface area contributed by atoms with E-state index in [4.69, 9.17) is 0 Å². The molecule has 0 spiro atoms. The number of nitrogens with one attached hydrogen (secondary N) is 1. The van der Waals surface area contributed by atoms with E-state index in [1.807, 2.05) is 54.7 Å². The maximum Gasteiger partial charge on any atom is 0.00957 e. The molecular formula is C13H33N. The summed E-state index contributed by atoms with van der Waals surface area (Å²) in [6, 6.07) is 0.549. The summed E-state index contributed by atoms with van der Waals surface area (Å²) >= 11 is 0. The number of hydrogen-bond acceptors (Lipinski definition) is 1. The van der Waals surface area contributed by atoms with Gasteiger partial charge in [0.05, 0.1) is 0 Å². The van der Waals surface area contributed by atoms with Crippen molar-refractivity contribution in [2.24, 2.45) is 5.92 Å². The molecule has 0 saturated heterocycles.